The first-order valence-electron chi connectivity index (χ1n) is 7.15. The summed E-state index contributed by atoms with van der Waals surface area (Å²) in [6.45, 7) is 7.18. The van der Waals surface area contributed by atoms with Crippen LogP contribution in [0, 0.1) is 0 Å². The Kier molecular flexibility index (Phi) is 4.98. The van der Waals surface area contributed by atoms with Crippen molar-refractivity contribution in [1.82, 2.24) is 9.97 Å². The summed E-state index contributed by atoms with van der Waals surface area (Å²) in [6.07, 6.45) is 0. The quantitative estimate of drug-likeness (QED) is 0.857. The van der Waals surface area contributed by atoms with Crippen molar-refractivity contribution in [1.29, 1.82) is 0 Å². The van der Waals surface area contributed by atoms with Crippen LogP contribution in [0.4, 0.5) is 5.82 Å². The Hall–Kier alpha value is -2.30. The van der Waals surface area contributed by atoms with Gasteiger partial charge in [0.15, 0.2) is 0 Å². The Morgan fingerprint density at radius 1 is 1.33 bits per heavy atom. The summed E-state index contributed by atoms with van der Waals surface area (Å²) < 4.78 is 5.47. The van der Waals surface area contributed by atoms with E-state index in [-0.39, 0.29) is 11.5 Å². The molecule has 5 heteroatoms. The molecule has 21 heavy (non-hydrogen) atoms. The molecule has 1 aromatic carbocycles. The van der Waals surface area contributed by atoms with Crippen LogP contribution in [0.3, 0.4) is 0 Å². The molecule has 0 aliphatic heterocycles. The van der Waals surface area contributed by atoms with Crippen molar-refractivity contribution in [3.8, 4) is 5.75 Å². The zero-order chi connectivity index (χ0) is 15.2. The van der Waals surface area contributed by atoms with Crippen molar-refractivity contribution in [3.05, 3.63) is 52.1 Å². The molecule has 0 spiro atoms. The maximum Gasteiger partial charge on any atom is 0.252 e. The number of H-pyrrole nitrogens is 1. The highest BCUT2D eigenvalue weighted by Gasteiger charge is 2.05. The smallest absolute Gasteiger partial charge is 0.252 e. The Morgan fingerprint density at radius 2 is 2.14 bits per heavy atom. The lowest BCUT2D eigenvalue weighted by Crippen LogP contribution is -2.14. The first kappa shape index (κ1) is 15.1. The van der Waals surface area contributed by atoms with Crippen molar-refractivity contribution >= 4 is 5.82 Å². The number of aromatic amines is 1. The lowest BCUT2D eigenvalue weighted by atomic mass is 10.2. The van der Waals surface area contributed by atoms with Crippen LogP contribution in [0.5, 0.6) is 5.75 Å². The van der Waals surface area contributed by atoms with Gasteiger partial charge in [-0.3, -0.25) is 4.79 Å². The number of nitrogens with one attached hydrogen (secondary N) is 2. The van der Waals surface area contributed by atoms with Crippen LogP contribution in [0.1, 0.15) is 38.1 Å². The zero-order valence-corrected chi connectivity index (χ0v) is 12.6. The van der Waals surface area contributed by atoms with Gasteiger partial charge in [0.05, 0.1) is 6.61 Å². The maximum atomic E-state index is 11.6. The average Bonchev–Trinajstić information content (AvgIpc) is 2.45. The third-order valence-corrected chi connectivity index (χ3v) is 2.99. The lowest BCUT2D eigenvalue weighted by molar-refractivity contribution is 0.340. The topological polar surface area (TPSA) is 67.0 Å². The molecule has 0 bridgehead atoms. The van der Waals surface area contributed by atoms with E-state index in [9.17, 15) is 4.79 Å². The van der Waals surface area contributed by atoms with E-state index >= 15 is 0 Å². The van der Waals surface area contributed by atoms with Gasteiger partial charge in [0.2, 0.25) is 0 Å². The highest BCUT2D eigenvalue weighted by molar-refractivity contribution is 5.36. The number of anilines is 1. The maximum absolute atomic E-state index is 11.6. The zero-order valence-electron chi connectivity index (χ0n) is 12.6. The summed E-state index contributed by atoms with van der Waals surface area (Å²) in [5, 5.41) is 3.18. The van der Waals surface area contributed by atoms with Gasteiger partial charge < -0.3 is 15.0 Å². The molecule has 0 saturated heterocycles. The Morgan fingerprint density at radius 3 is 2.86 bits per heavy atom. The van der Waals surface area contributed by atoms with Crippen LogP contribution < -0.4 is 15.6 Å². The SMILES string of the molecule is CCOc1cccc(CNc2cc(=O)[nH]c(C(C)C)n2)c1. The molecule has 0 aliphatic carbocycles. The van der Waals surface area contributed by atoms with E-state index in [2.05, 4.69) is 15.3 Å². The minimum Gasteiger partial charge on any atom is -0.494 e. The number of ether oxygens (including phenoxy) is 1. The second-order valence-electron chi connectivity index (χ2n) is 5.10. The molecular formula is C16H21N3O2. The van der Waals surface area contributed by atoms with E-state index in [1.54, 1.807) is 0 Å². The van der Waals surface area contributed by atoms with Gasteiger partial charge in [-0.1, -0.05) is 26.0 Å². The molecule has 0 unspecified atom stereocenters. The monoisotopic (exact) mass is 287 g/mol. The number of nitrogens with zero attached hydrogens (tertiary/aromatic N) is 1. The molecule has 1 heterocycles. The first-order chi connectivity index (χ1) is 10.1. The van der Waals surface area contributed by atoms with E-state index in [1.807, 2.05) is 45.0 Å². The Bertz CT molecular complexity index is 650. The second kappa shape index (κ2) is 6.92. The first-order valence-corrected chi connectivity index (χ1v) is 7.15. The predicted octanol–water partition coefficient (Wildman–Crippen LogP) is 2.90. The van der Waals surface area contributed by atoms with Crippen molar-refractivity contribution in [3.63, 3.8) is 0 Å². The van der Waals surface area contributed by atoms with Gasteiger partial charge in [0, 0.05) is 18.5 Å². The van der Waals surface area contributed by atoms with Gasteiger partial charge in [-0.05, 0) is 24.6 Å². The Labute approximate surface area is 124 Å². The fourth-order valence-electron chi connectivity index (χ4n) is 1.94. The highest BCUT2D eigenvalue weighted by atomic mass is 16.5. The van der Waals surface area contributed by atoms with Crippen LogP contribution in [-0.2, 0) is 6.54 Å². The molecule has 112 valence electrons. The normalized spacial score (nSPS) is 10.7. The van der Waals surface area contributed by atoms with E-state index in [1.165, 1.54) is 6.07 Å². The molecule has 0 radical (unpaired) electrons. The lowest BCUT2D eigenvalue weighted by Gasteiger charge is -2.10. The number of aromatic nitrogens is 2. The predicted molar refractivity (Wildman–Crippen MR) is 83.9 cm³/mol. The Balaban J connectivity index is 2.09. The third-order valence-electron chi connectivity index (χ3n) is 2.99. The van der Waals surface area contributed by atoms with Crippen molar-refractivity contribution < 1.29 is 4.74 Å². The molecule has 0 saturated carbocycles. The fourth-order valence-corrected chi connectivity index (χ4v) is 1.94. The van der Waals surface area contributed by atoms with Crippen LogP contribution in [0.25, 0.3) is 0 Å². The van der Waals surface area contributed by atoms with Crippen LogP contribution in [0.2, 0.25) is 0 Å². The molecular weight excluding hydrogens is 266 g/mol. The number of hydrogen-bond acceptors (Lipinski definition) is 4. The third kappa shape index (κ3) is 4.34. The van der Waals surface area contributed by atoms with Gasteiger partial charge >= 0.3 is 0 Å². The molecule has 5 nitrogen and oxygen atoms in total. The number of rotatable bonds is 6. The molecule has 0 aliphatic rings. The molecule has 1 aromatic heterocycles. The van der Waals surface area contributed by atoms with Gasteiger partial charge in [0.25, 0.3) is 5.56 Å². The van der Waals surface area contributed by atoms with E-state index in [0.29, 0.717) is 24.8 Å². The summed E-state index contributed by atoms with van der Waals surface area (Å²) in [5.74, 6) is 2.30. The second-order valence-corrected chi connectivity index (χ2v) is 5.10. The van der Waals surface area contributed by atoms with Gasteiger partial charge in [-0.25, -0.2) is 4.98 Å². The van der Waals surface area contributed by atoms with Crippen LogP contribution in [-0.4, -0.2) is 16.6 Å². The standard InChI is InChI=1S/C16H21N3O2/c1-4-21-13-7-5-6-12(8-13)10-17-14-9-15(20)19-16(18-14)11(2)3/h5-9,11H,4,10H2,1-3H3,(H2,17,18,19,20). The minimum absolute atomic E-state index is 0.140. The molecule has 2 N–H and O–H groups in total. The largest absolute Gasteiger partial charge is 0.494 e. The van der Waals surface area contributed by atoms with Gasteiger partial charge in [-0.2, -0.15) is 0 Å². The fraction of sp³-hybridized carbons (Fsp3) is 0.375. The molecule has 2 rings (SSSR count). The molecule has 0 fully saturated rings. The average molecular weight is 287 g/mol. The van der Waals surface area contributed by atoms with E-state index in [4.69, 9.17) is 4.74 Å². The number of benzene rings is 1. The number of hydrogen-bond donors (Lipinski definition) is 2. The van der Waals surface area contributed by atoms with Crippen molar-refractivity contribution in [2.24, 2.45) is 0 Å². The molecule has 2 aromatic rings. The summed E-state index contributed by atoms with van der Waals surface area (Å²) in [7, 11) is 0. The highest BCUT2D eigenvalue weighted by Crippen LogP contribution is 2.15. The summed E-state index contributed by atoms with van der Waals surface area (Å²) in [5.41, 5.74) is 0.938. The van der Waals surface area contributed by atoms with Gasteiger partial charge in [-0.15, -0.1) is 0 Å². The molecule has 0 atom stereocenters. The van der Waals surface area contributed by atoms with Crippen LogP contribution in [0.15, 0.2) is 35.1 Å². The van der Waals surface area contributed by atoms with Crippen LogP contribution >= 0.6 is 0 Å². The van der Waals surface area contributed by atoms with E-state index < -0.39 is 0 Å². The summed E-state index contributed by atoms with van der Waals surface area (Å²) in [6, 6.07) is 9.33. The van der Waals surface area contributed by atoms with Crippen molar-refractivity contribution in [2.75, 3.05) is 11.9 Å². The summed E-state index contributed by atoms with van der Waals surface area (Å²) >= 11 is 0. The minimum atomic E-state index is -0.140. The van der Waals surface area contributed by atoms with Crippen molar-refractivity contribution in [2.45, 2.75) is 33.2 Å². The molecule has 0 amide bonds. The van der Waals surface area contributed by atoms with E-state index in [0.717, 1.165) is 11.3 Å². The summed E-state index contributed by atoms with van der Waals surface area (Å²) in [4.78, 5) is 18.8. The van der Waals surface area contributed by atoms with Gasteiger partial charge in [0.1, 0.15) is 17.4 Å².